The maximum absolute atomic E-state index is 14.0. The molecule has 1 amide bonds. The number of carbonyl (C=O) groups is 1. The van der Waals surface area contributed by atoms with Crippen LogP contribution in [0.25, 0.3) is 22.2 Å². The van der Waals surface area contributed by atoms with Gasteiger partial charge in [-0.2, -0.15) is 0 Å². The number of carbonyl (C=O) groups excluding carboxylic acids is 1. The zero-order chi connectivity index (χ0) is 29.2. The molecule has 0 spiro atoms. The van der Waals surface area contributed by atoms with Crippen molar-refractivity contribution in [1.82, 2.24) is 35.2 Å². The number of hydrogen-bond acceptors (Lipinski definition) is 8. The number of furan rings is 1. The topological polar surface area (TPSA) is 134 Å². The van der Waals surface area contributed by atoms with E-state index < -0.39 is 6.04 Å². The summed E-state index contributed by atoms with van der Waals surface area (Å²) in [4.78, 5) is 36.6. The van der Waals surface area contributed by atoms with Crippen molar-refractivity contribution in [3.8, 4) is 11.3 Å². The number of amides is 1. The second kappa shape index (κ2) is 12.1. The van der Waals surface area contributed by atoms with Gasteiger partial charge in [-0.05, 0) is 70.7 Å². The van der Waals surface area contributed by atoms with Gasteiger partial charge in [0.25, 0.3) is 0 Å². The van der Waals surface area contributed by atoms with Gasteiger partial charge in [0.05, 0.1) is 29.7 Å². The van der Waals surface area contributed by atoms with E-state index in [-0.39, 0.29) is 29.6 Å². The Labute approximate surface area is 245 Å². The third-order valence-corrected chi connectivity index (χ3v) is 8.58. The van der Waals surface area contributed by atoms with Crippen LogP contribution in [0.1, 0.15) is 76.1 Å². The van der Waals surface area contributed by atoms with Gasteiger partial charge in [0.1, 0.15) is 11.8 Å². The van der Waals surface area contributed by atoms with Crippen molar-refractivity contribution in [1.29, 1.82) is 0 Å². The predicted octanol–water partition coefficient (Wildman–Crippen LogP) is 4.56. The fraction of sp³-hybridized carbons (Fsp3) is 0.516. The minimum absolute atomic E-state index is 0.0246. The van der Waals surface area contributed by atoms with E-state index in [1.165, 1.54) is 6.42 Å². The van der Waals surface area contributed by atoms with Crippen LogP contribution in [0.2, 0.25) is 0 Å². The molecule has 2 fully saturated rings. The molecule has 1 saturated carbocycles. The molecular weight excluding hydrogens is 532 g/mol. The number of nitrogens with zero attached hydrogens (tertiary/aromatic N) is 5. The Kier molecular flexibility index (Phi) is 8.10. The lowest BCUT2D eigenvalue weighted by atomic mass is 9.92. The highest BCUT2D eigenvalue weighted by molar-refractivity contribution is 6.00. The number of fused-ring (bicyclic) bond motifs is 1. The van der Waals surface area contributed by atoms with E-state index in [2.05, 4.69) is 44.7 Å². The van der Waals surface area contributed by atoms with Crippen LogP contribution in [0.3, 0.4) is 0 Å². The molecule has 0 aromatic carbocycles. The van der Waals surface area contributed by atoms with Crippen molar-refractivity contribution in [3.05, 3.63) is 58.5 Å². The summed E-state index contributed by atoms with van der Waals surface area (Å²) in [5, 5.41) is 16.5. The van der Waals surface area contributed by atoms with Crippen LogP contribution in [-0.2, 0) is 11.3 Å². The van der Waals surface area contributed by atoms with Crippen molar-refractivity contribution in [2.45, 2.75) is 96.4 Å². The van der Waals surface area contributed by atoms with E-state index in [0.29, 0.717) is 23.6 Å². The number of piperidine rings is 1. The molecule has 5 heterocycles. The van der Waals surface area contributed by atoms with E-state index in [9.17, 15) is 9.59 Å². The Balaban J connectivity index is 1.34. The van der Waals surface area contributed by atoms with Crippen LogP contribution >= 0.6 is 0 Å². The van der Waals surface area contributed by atoms with Gasteiger partial charge in [-0.15, -0.1) is 5.10 Å². The zero-order valence-electron chi connectivity index (χ0n) is 24.6. The predicted molar refractivity (Wildman–Crippen MR) is 161 cm³/mol. The van der Waals surface area contributed by atoms with E-state index in [1.54, 1.807) is 18.5 Å². The van der Waals surface area contributed by atoms with Gasteiger partial charge in [0.15, 0.2) is 5.82 Å². The van der Waals surface area contributed by atoms with Crippen molar-refractivity contribution in [3.63, 3.8) is 0 Å². The van der Waals surface area contributed by atoms with Crippen molar-refractivity contribution < 1.29 is 9.21 Å². The fourth-order valence-corrected chi connectivity index (χ4v) is 6.50. The van der Waals surface area contributed by atoms with Crippen molar-refractivity contribution in [2.24, 2.45) is 0 Å². The Bertz CT molecular complexity index is 1590. The standard InChI is InChI=1S/C31H40N8O3/c1-19(2)39-18-22(36-37-39)17-38-13-7-11-24(29(38)31(41)33-21-9-5-4-6-10-21)34-30-28-27(20(3)15-26(40)35-28)23(16-32-30)25-12-8-14-42-25/h8,12,14-16,18-19,21,24,29H,4-7,9-11,13,17H2,1-3H3,(H,32,34)(H,33,41)(H,35,40)/t24-,29-/m1/s1. The van der Waals surface area contributed by atoms with Crippen LogP contribution in [0.5, 0.6) is 0 Å². The number of anilines is 1. The molecule has 11 nitrogen and oxygen atoms in total. The maximum atomic E-state index is 14.0. The molecule has 3 N–H and O–H groups in total. The molecule has 0 bridgehead atoms. The summed E-state index contributed by atoms with van der Waals surface area (Å²) in [6, 6.07) is 5.05. The second-order valence-corrected chi connectivity index (χ2v) is 12.0. The monoisotopic (exact) mass is 572 g/mol. The molecule has 4 aromatic heterocycles. The number of nitrogens with one attached hydrogen (secondary N) is 3. The number of pyridine rings is 2. The van der Waals surface area contributed by atoms with Crippen LogP contribution < -0.4 is 16.2 Å². The van der Waals surface area contributed by atoms with Crippen molar-refractivity contribution >= 4 is 22.6 Å². The number of aryl methyl sites for hydroxylation is 1. The second-order valence-electron chi connectivity index (χ2n) is 12.0. The number of likely N-dealkylation sites (tertiary alicyclic amines) is 1. The molecule has 0 unspecified atom stereocenters. The molecule has 2 atom stereocenters. The zero-order valence-corrected chi connectivity index (χ0v) is 24.6. The first-order valence-electron chi connectivity index (χ1n) is 15.2. The number of aromatic amines is 1. The third-order valence-electron chi connectivity index (χ3n) is 8.58. The third kappa shape index (κ3) is 5.83. The van der Waals surface area contributed by atoms with Crippen molar-refractivity contribution in [2.75, 3.05) is 11.9 Å². The smallest absolute Gasteiger partial charge is 0.248 e. The fourth-order valence-electron chi connectivity index (χ4n) is 6.50. The summed E-state index contributed by atoms with van der Waals surface area (Å²) in [6.07, 6.45) is 12.6. The van der Waals surface area contributed by atoms with E-state index in [4.69, 9.17) is 9.40 Å². The summed E-state index contributed by atoms with van der Waals surface area (Å²) in [6.45, 7) is 7.35. The first-order valence-corrected chi connectivity index (χ1v) is 15.2. The first kappa shape index (κ1) is 28.1. The quantitative estimate of drug-likeness (QED) is 0.280. The van der Waals surface area contributed by atoms with Gasteiger partial charge in [0, 0.05) is 41.8 Å². The van der Waals surface area contributed by atoms with E-state index in [1.807, 2.05) is 29.9 Å². The van der Waals surface area contributed by atoms with Gasteiger partial charge in [-0.1, -0.05) is 24.5 Å². The lowest BCUT2D eigenvalue weighted by Gasteiger charge is -2.41. The van der Waals surface area contributed by atoms with Gasteiger partial charge in [0.2, 0.25) is 11.5 Å². The SMILES string of the molecule is Cc1cc(=O)[nH]c2c(N[C@@H]3CCCN(Cc4cn(C(C)C)nn4)[C@H]3C(=O)NC3CCCCC3)ncc(-c3ccco3)c12. The van der Waals surface area contributed by atoms with Gasteiger partial charge in [-0.3, -0.25) is 14.5 Å². The van der Waals surface area contributed by atoms with Crippen LogP contribution in [0.4, 0.5) is 5.82 Å². The average molecular weight is 573 g/mol. The van der Waals surface area contributed by atoms with Gasteiger partial charge >= 0.3 is 0 Å². The largest absolute Gasteiger partial charge is 0.464 e. The van der Waals surface area contributed by atoms with E-state index >= 15 is 0 Å². The van der Waals surface area contributed by atoms with Crippen LogP contribution in [0.15, 0.2) is 46.1 Å². The highest BCUT2D eigenvalue weighted by atomic mass is 16.3. The molecule has 0 radical (unpaired) electrons. The summed E-state index contributed by atoms with van der Waals surface area (Å²) < 4.78 is 7.53. The molecule has 222 valence electrons. The van der Waals surface area contributed by atoms with Crippen LogP contribution in [-0.4, -0.2) is 60.4 Å². The number of H-pyrrole nitrogens is 1. The Hall–Kier alpha value is -3.99. The summed E-state index contributed by atoms with van der Waals surface area (Å²) in [5.74, 6) is 1.25. The molecule has 4 aromatic rings. The maximum Gasteiger partial charge on any atom is 0.248 e. The number of rotatable bonds is 8. The average Bonchev–Trinajstić information content (AvgIpc) is 3.67. The lowest BCUT2D eigenvalue weighted by molar-refractivity contribution is -0.129. The molecule has 1 aliphatic heterocycles. The summed E-state index contributed by atoms with van der Waals surface area (Å²) in [7, 11) is 0. The number of aromatic nitrogens is 5. The van der Waals surface area contributed by atoms with Gasteiger partial charge in [-0.25, -0.2) is 9.67 Å². The Morgan fingerprint density at radius 3 is 2.76 bits per heavy atom. The molecule has 11 heteroatoms. The highest BCUT2D eigenvalue weighted by Crippen LogP contribution is 2.34. The Morgan fingerprint density at radius 2 is 2.02 bits per heavy atom. The molecule has 42 heavy (non-hydrogen) atoms. The van der Waals surface area contributed by atoms with Gasteiger partial charge < -0.3 is 20.0 Å². The first-order chi connectivity index (χ1) is 20.4. The molecule has 1 saturated heterocycles. The normalized spacial score (nSPS) is 20.3. The molecule has 1 aliphatic carbocycles. The molecule has 6 rings (SSSR count). The minimum atomic E-state index is -0.442. The number of hydrogen-bond donors (Lipinski definition) is 3. The highest BCUT2D eigenvalue weighted by Gasteiger charge is 2.38. The summed E-state index contributed by atoms with van der Waals surface area (Å²) >= 11 is 0. The van der Waals surface area contributed by atoms with E-state index in [0.717, 1.165) is 67.3 Å². The molecule has 2 aliphatic rings. The molecular formula is C31H40N8O3. The Morgan fingerprint density at radius 1 is 1.19 bits per heavy atom. The van der Waals surface area contributed by atoms with Crippen LogP contribution in [0, 0.1) is 6.92 Å². The lowest BCUT2D eigenvalue weighted by Crippen LogP contribution is -2.59. The minimum Gasteiger partial charge on any atom is -0.464 e. The summed E-state index contributed by atoms with van der Waals surface area (Å²) in [5.41, 5.74) is 2.88.